The van der Waals surface area contributed by atoms with Crippen molar-refractivity contribution in [2.45, 2.75) is 50.4 Å². The fourth-order valence-electron chi connectivity index (χ4n) is 5.32. The van der Waals surface area contributed by atoms with E-state index in [1.807, 2.05) is 6.07 Å². The number of aromatic nitrogens is 2. The molecule has 2 saturated heterocycles. The molecule has 0 radical (unpaired) electrons. The normalized spacial score (nSPS) is 23.5. The van der Waals surface area contributed by atoms with Crippen LogP contribution in [0.1, 0.15) is 42.7 Å². The van der Waals surface area contributed by atoms with Gasteiger partial charge in [-0.2, -0.15) is 0 Å². The Morgan fingerprint density at radius 3 is 2.25 bits per heavy atom. The summed E-state index contributed by atoms with van der Waals surface area (Å²) in [6.07, 6.45) is 3.20. The van der Waals surface area contributed by atoms with Crippen LogP contribution in [0.3, 0.4) is 0 Å². The number of hydrogen-bond acceptors (Lipinski definition) is 4. The van der Waals surface area contributed by atoms with Crippen molar-refractivity contribution in [1.82, 2.24) is 14.5 Å². The van der Waals surface area contributed by atoms with E-state index in [-0.39, 0.29) is 43.3 Å². The zero-order valence-corrected chi connectivity index (χ0v) is 20.7. The minimum atomic E-state index is 0. The van der Waals surface area contributed by atoms with Crippen LogP contribution in [0.5, 0.6) is 0 Å². The lowest BCUT2D eigenvalue weighted by atomic mass is 9.89. The third-order valence-electron chi connectivity index (χ3n) is 6.71. The number of nitrogens with zero attached hydrogens (tertiary/aromatic N) is 3. The van der Waals surface area contributed by atoms with Gasteiger partial charge in [0.1, 0.15) is 5.82 Å². The molecule has 3 aromatic rings. The molecule has 8 heteroatoms. The van der Waals surface area contributed by atoms with E-state index in [2.05, 4.69) is 64.9 Å². The van der Waals surface area contributed by atoms with Crippen molar-refractivity contribution in [3.63, 3.8) is 0 Å². The fourth-order valence-corrected chi connectivity index (χ4v) is 5.32. The Morgan fingerprint density at radius 1 is 0.938 bits per heavy atom. The summed E-state index contributed by atoms with van der Waals surface area (Å²) in [5, 5.41) is 0. The first kappa shape index (κ1) is 26.9. The van der Waals surface area contributed by atoms with Crippen LogP contribution < -0.4 is 5.73 Å². The van der Waals surface area contributed by atoms with Crippen molar-refractivity contribution >= 4 is 48.3 Å². The zero-order valence-electron chi connectivity index (χ0n) is 18.3. The highest BCUT2D eigenvalue weighted by atomic mass is 35.5. The van der Waals surface area contributed by atoms with Gasteiger partial charge in [-0.3, -0.25) is 4.90 Å². The molecule has 5 rings (SSSR count). The first-order chi connectivity index (χ1) is 14.2. The van der Waals surface area contributed by atoms with Crippen LogP contribution in [0, 0.1) is 6.92 Å². The predicted molar refractivity (Wildman–Crippen MR) is 138 cm³/mol. The van der Waals surface area contributed by atoms with Gasteiger partial charge >= 0.3 is 0 Å². The first-order valence-corrected chi connectivity index (χ1v) is 10.8. The smallest absolute Gasteiger partial charge is 0.106 e. The lowest BCUT2D eigenvalue weighted by Crippen LogP contribution is -2.57. The lowest BCUT2D eigenvalue weighted by molar-refractivity contribution is -0.0857. The molecule has 2 unspecified atom stereocenters. The zero-order chi connectivity index (χ0) is 19.8. The van der Waals surface area contributed by atoms with Gasteiger partial charge in [0.15, 0.2) is 0 Å². The molecule has 2 fully saturated rings. The number of nitrogens with two attached hydrogens (primary N) is 1. The Kier molecular flexibility index (Phi) is 9.83. The van der Waals surface area contributed by atoms with Crippen LogP contribution in [0.15, 0.2) is 54.6 Å². The van der Waals surface area contributed by atoms with E-state index in [0.29, 0.717) is 18.1 Å². The Morgan fingerprint density at radius 2 is 1.56 bits per heavy atom. The standard InChI is InChI=1S/C24H30N4O.3ClH/c1-17-26-23-9-5-6-10-24(23)28(17)19-13-20-15-29-16-21(14-19)27(20)12-11-22(25)18-7-3-2-4-8-18;;;/h2-10,19-22H,11-16,25H2,1H3;3*1H/t19?,20?,21?,22-;;;/m0.../s1. The summed E-state index contributed by atoms with van der Waals surface area (Å²) in [5.74, 6) is 1.12. The maximum absolute atomic E-state index is 6.48. The lowest BCUT2D eigenvalue weighted by Gasteiger charge is -2.49. The van der Waals surface area contributed by atoms with E-state index >= 15 is 0 Å². The summed E-state index contributed by atoms with van der Waals surface area (Å²) in [4.78, 5) is 7.46. The largest absolute Gasteiger partial charge is 0.378 e. The Hall–Kier alpha value is -1.34. The predicted octanol–water partition coefficient (Wildman–Crippen LogP) is 5.10. The highest BCUT2D eigenvalue weighted by Crippen LogP contribution is 2.37. The molecule has 2 aliphatic heterocycles. The number of benzene rings is 2. The first-order valence-electron chi connectivity index (χ1n) is 10.8. The Bertz CT molecular complexity index is 970. The summed E-state index contributed by atoms with van der Waals surface area (Å²) in [6.45, 7) is 4.81. The number of ether oxygens (including phenoxy) is 1. The second-order valence-electron chi connectivity index (χ2n) is 8.53. The van der Waals surface area contributed by atoms with Crippen molar-refractivity contribution in [1.29, 1.82) is 0 Å². The molecule has 5 nitrogen and oxygen atoms in total. The van der Waals surface area contributed by atoms with Crippen LogP contribution in [-0.4, -0.2) is 46.3 Å². The third-order valence-corrected chi connectivity index (χ3v) is 6.71. The number of hydrogen-bond donors (Lipinski definition) is 1. The summed E-state index contributed by atoms with van der Waals surface area (Å²) < 4.78 is 8.41. The molecule has 3 heterocycles. The summed E-state index contributed by atoms with van der Waals surface area (Å²) in [5.41, 5.74) is 10.1. The van der Waals surface area contributed by atoms with E-state index in [4.69, 9.17) is 15.5 Å². The molecule has 0 spiro atoms. The number of para-hydroxylation sites is 2. The minimum Gasteiger partial charge on any atom is -0.378 e. The van der Waals surface area contributed by atoms with E-state index in [0.717, 1.165) is 50.4 Å². The van der Waals surface area contributed by atoms with Crippen LogP contribution in [-0.2, 0) is 4.74 Å². The van der Waals surface area contributed by atoms with Gasteiger partial charge in [-0.05, 0) is 43.9 Å². The Balaban J connectivity index is 0.00000121. The maximum atomic E-state index is 6.48. The molecule has 176 valence electrons. The van der Waals surface area contributed by atoms with Gasteiger partial charge in [0.05, 0.1) is 24.2 Å². The topological polar surface area (TPSA) is 56.3 Å². The molecular formula is C24H33Cl3N4O. The quantitative estimate of drug-likeness (QED) is 0.530. The van der Waals surface area contributed by atoms with Crippen LogP contribution in [0.2, 0.25) is 0 Å². The maximum Gasteiger partial charge on any atom is 0.106 e. The second-order valence-corrected chi connectivity index (χ2v) is 8.53. The van der Waals surface area contributed by atoms with Gasteiger partial charge in [-0.1, -0.05) is 42.5 Å². The van der Waals surface area contributed by atoms with Crippen LogP contribution in [0.25, 0.3) is 11.0 Å². The van der Waals surface area contributed by atoms with E-state index < -0.39 is 0 Å². The molecule has 0 amide bonds. The van der Waals surface area contributed by atoms with E-state index in [1.165, 1.54) is 11.1 Å². The van der Waals surface area contributed by atoms with Crippen molar-refractivity contribution in [3.05, 3.63) is 66.0 Å². The van der Waals surface area contributed by atoms with Crippen LogP contribution >= 0.6 is 37.2 Å². The van der Waals surface area contributed by atoms with E-state index in [9.17, 15) is 0 Å². The summed E-state index contributed by atoms with van der Waals surface area (Å²) in [7, 11) is 0. The summed E-state index contributed by atoms with van der Waals surface area (Å²) >= 11 is 0. The molecule has 2 N–H and O–H groups in total. The molecule has 1 aromatic heterocycles. The van der Waals surface area contributed by atoms with Crippen molar-refractivity contribution in [3.8, 4) is 0 Å². The highest BCUT2D eigenvalue weighted by Gasteiger charge is 2.40. The van der Waals surface area contributed by atoms with Gasteiger partial charge < -0.3 is 15.0 Å². The van der Waals surface area contributed by atoms with Gasteiger partial charge in [0.25, 0.3) is 0 Å². The molecule has 0 saturated carbocycles. The van der Waals surface area contributed by atoms with Gasteiger partial charge in [0, 0.05) is 30.7 Å². The molecule has 2 bridgehead atoms. The summed E-state index contributed by atoms with van der Waals surface area (Å²) in [6, 6.07) is 20.4. The van der Waals surface area contributed by atoms with Gasteiger partial charge in [-0.15, -0.1) is 37.2 Å². The van der Waals surface area contributed by atoms with E-state index in [1.54, 1.807) is 0 Å². The number of fused-ring (bicyclic) bond motifs is 3. The molecule has 0 aliphatic carbocycles. The SMILES string of the molecule is Cc1nc2ccccc2n1C1CC2COCC(C1)N2CC[C@H](N)c1ccccc1.Cl.Cl.Cl. The minimum absolute atomic E-state index is 0. The number of imidazole rings is 1. The average Bonchev–Trinajstić information content (AvgIpc) is 3.07. The number of piperidine rings is 1. The van der Waals surface area contributed by atoms with Gasteiger partial charge in [-0.25, -0.2) is 4.98 Å². The van der Waals surface area contributed by atoms with Crippen molar-refractivity contribution in [2.75, 3.05) is 19.8 Å². The monoisotopic (exact) mass is 498 g/mol. The van der Waals surface area contributed by atoms with Gasteiger partial charge in [0.2, 0.25) is 0 Å². The molecular weight excluding hydrogens is 467 g/mol. The Labute approximate surface area is 208 Å². The van der Waals surface area contributed by atoms with Crippen LogP contribution in [0.4, 0.5) is 0 Å². The van der Waals surface area contributed by atoms with Crippen molar-refractivity contribution < 1.29 is 4.74 Å². The number of aryl methyl sites for hydroxylation is 1. The van der Waals surface area contributed by atoms with Crippen molar-refractivity contribution in [2.24, 2.45) is 5.73 Å². The average molecular weight is 500 g/mol. The molecule has 2 aromatic carbocycles. The number of halogens is 3. The number of morpholine rings is 1. The molecule has 32 heavy (non-hydrogen) atoms. The molecule has 2 aliphatic rings. The second kappa shape index (κ2) is 11.7. The molecule has 3 atom stereocenters. The highest BCUT2D eigenvalue weighted by molar-refractivity contribution is 5.86. The number of rotatable bonds is 5. The third kappa shape index (κ3) is 5.24. The fraction of sp³-hybridized carbons (Fsp3) is 0.458.